The topological polar surface area (TPSA) is 75.7 Å². The van der Waals surface area contributed by atoms with Crippen molar-refractivity contribution in [2.45, 2.75) is 19.9 Å². The van der Waals surface area contributed by atoms with Gasteiger partial charge in [0.05, 0.1) is 5.69 Å². The number of fused-ring (bicyclic) bond motifs is 1. The summed E-state index contributed by atoms with van der Waals surface area (Å²) in [6.45, 7) is 4.30. The van der Waals surface area contributed by atoms with Gasteiger partial charge in [-0.25, -0.2) is 13.6 Å². The number of benzene rings is 2. The van der Waals surface area contributed by atoms with Gasteiger partial charge in [0.25, 0.3) is 5.56 Å². The fraction of sp³-hybridized carbons (Fsp3) is 0.280. The Balaban J connectivity index is 1.28. The van der Waals surface area contributed by atoms with Crippen LogP contribution < -0.4 is 10.5 Å². The van der Waals surface area contributed by atoms with Gasteiger partial charge in [-0.1, -0.05) is 31.2 Å². The van der Waals surface area contributed by atoms with Gasteiger partial charge in [0.15, 0.2) is 0 Å². The molecule has 0 unspecified atom stereocenters. The van der Waals surface area contributed by atoms with Crippen LogP contribution in [0.1, 0.15) is 12.5 Å². The smallest absolute Gasteiger partial charge is 0.293 e. The van der Waals surface area contributed by atoms with Gasteiger partial charge in [0.2, 0.25) is 5.91 Å². The van der Waals surface area contributed by atoms with E-state index in [9.17, 15) is 14.0 Å². The maximum atomic E-state index is 13.2. The molecule has 1 saturated heterocycles. The number of nitrogens with zero attached hydrogens (tertiary/aromatic N) is 6. The number of hydrogen-bond acceptors (Lipinski definition) is 5. The second-order valence-corrected chi connectivity index (χ2v) is 8.35. The number of anilines is 1. The normalized spacial score (nSPS) is 14.1. The van der Waals surface area contributed by atoms with E-state index in [0.717, 1.165) is 17.7 Å². The van der Waals surface area contributed by atoms with Crippen molar-refractivity contribution in [3.05, 3.63) is 82.7 Å². The lowest BCUT2D eigenvalue weighted by atomic mass is 10.1. The van der Waals surface area contributed by atoms with E-state index >= 15 is 0 Å². The first-order chi connectivity index (χ1) is 16.5. The molecule has 0 spiro atoms. The zero-order chi connectivity index (χ0) is 23.7. The van der Waals surface area contributed by atoms with Gasteiger partial charge in [-0.15, -0.1) is 0 Å². The second kappa shape index (κ2) is 9.09. The van der Waals surface area contributed by atoms with Crippen LogP contribution in [0.4, 0.5) is 10.1 Å². The molecule has 2 aromatic carbocycles. The molecule has 1 fully saturated rings. The lowest BCUT2D eigenvalue weighted by Gasteiger charge is -2.36. The minimum atomic E-state index is -0.357. The Kier molecular flexibility index (Phi) is 5.83. The highest BCUT2D eigenvalue weighted by atomic mass is 19.1. The number of hydrogen-bond donors (Lipinski definition) is 0. The SMILES string of the molecule is CCc1ccc(-c2cc3c(=O)n(CC(=O)N4CCN(c5ccc(F)cc5)CC4)ncn3n2)cc1. The van der Waals surface area contributed by atoms with Gasteiger partial charge in [-0.2, -0.15) is 10.2 Å². The molecule has 174 valence electrons. The zero-order valence-electron chi connectivity index (χ0n) is 18.9. The van der Waals surface area contributed by atoms with Gasteiger partial charge in [-0.05, 0) is 42.3 Å². The summed E-state index contributed by atoms with van der Waals surface area (Å²) in [5, 5.41) is 8.63. The third-order valence-electron chi connectivity index (χ3n) is 6.26. The van der Waals surface area contributed by atoms with E-state index in [2.05, 4.69) is 22.0 Å². The van der Waals surface area contributed by atoms with Crippen LogP contribution in [-0.2, 0) is 17.8 Å². The number of piperazine rings is 1. The summed E-state index contributed by atoms with van der Waals surface area (Å²) in [6.07, 6.45) is 2.41. The summed E-state index contributed by atoms with van der Waals surface area (Å²) >= 11 is 0. The highest BCUT2D eigenvalue weighted by Gasteiger charge is 2.22. The number of carbonyl (C=O) groups is 1. The lowest BCUT2D eigenvalue weighted by Crippen LogP contribution is -2.50. The third kappa shape index (κ3) is 4.28. The predicted molar refractivity (Wildman–Crippen MR) is 127 cm³/mol. The molecule has 3 heterocycles. The van der Waals surface area contributed by atoms with E-state index in [4.69, 9.17) is 0 Å². The number of aryl methyl sites for hydroxylation is 1. The molecule has 0 N–H and O–H groups in total. The molecule has 0 aliphatic carbocycles. The fourth-order valence-electron chi connectivity index (χ4n) is 4.20. The van der Waals surface area contributed by atoms with Gasteiger partial charge in [-0.3, -0.25) is 9.59 Å². The van der Waals surface area contributed by atoms with E-state index in [1.54, 1.807) is 23.1 Å². The van der Waals surface area contributed by atoms with Crippen molar-refractivity contribution < 1.29 is 9.18 Å². The quantitative estimate of drug-likeness (QED) is 0.458. The number of halogens is 1. The monoisotopic (exact) mass is 460 g/mol. The molecule has 1 amide bonds. The minimum absolute atomic E-state index is 0.127. The average molecular weight is 461 g/mol. The summed E-state index contributed by atoms with van der Waals surface area (Å²) < 4.78 is 15.8. The summed E-state index contributed by atoms with van der Waals surface area (Å²) in [4.78, 5) is 29.7. The van der Waals surface area contributed by atoms with Crippen LogP contribution in [0.5, 0.6) is 0 Å². The van der Waals surface area contributed by atoms with Crippen molar-refractivity contribution in [3.8, 4) is 11.3 Å². The Hall–Kier alpha value is -4.01. The van der Waals surface area contributed by atoms with E-state index in [1.807, 2.05) is 24.3 Å². The molecule has 9 heteroatoms. The second-order valence-electron chi connectivity index (χ2n) is 8.35. The van der Waals surface area contributed by atoms with Crippen molar-refractivity contribution in [3.63, 3.8) is 0 Å². The van der Waals surface area contributed by atoms with Crippen LogP contribution in [-0.4, -0.2) is 56.4 Å². The van der Waals surface area contributed by atoms with Gasteiger partial charge < -0.3 is 9.80 Å². The highest BCUT2D eigenvalue weighted by Crippen LogP contribution is 2.20. The maximum absolute atomic E-state index is 13.2. The molecule has 2 aromatic heterocycles. The zero-order valence-corrected chi connectivity index (χ0v) is 18.9. The van der Waals surface area contributed by atoms with E-state index in [1.165, 1.54) is 33.2 Å². The van der Waals surface area contributed by atoms with Crippen LogP contribution in [0.3, 0.4) is 0 Å². The Labute approximate surface area is 195 Å². The number of carbonyl (C=O) groups excluding carboxylic acids is 1. The lowest BCUT2D eigenvalue weighted by molar-refractivity contribution is -0.132. The molecular formula is C25H25FN6O2. The Morgan fingerprint density at radius 3 is 2.38 bits per heavy atom. The maximum Gasteiger partial charge on any atom is 0.293 e. The molecule has 34 heavy (non-hydrogen) atoms. The minimum Gasteiger partial charge on any atom is -0.368 e. The standard InChI is InChI=1S/C25H25FN6O2/c1-2-18-3-5-19(6-4-18)22-15-23-25(34)31(27-17-32(23)28-22)16-24(33)30-13-11-29(12-14-30)21-9-7-20(26)8-10-21/h3-10,15,17H,2,11-14,16H2,1H3. The first-order valence-corrected chi connectivity index (χ1v) is 11.3. The van der Waals surface area contributed by atoms with Crippen molar-refractivity contribution in [2.24, 2.45) is 0 Å². The Bertz CT molecular complexity index is 1370. The summed E-state index contributed by atoms with van der Waals surface area (Å²) in [7, 11) is 0. The van der Waals surface area contributed by atoms with E-state index in [-0.39, 0.29) is 23.8 Å². The molecule has 0 radical (unpaired) electrons. The molecule has 0 bridgehead atoms. The fourth-order valence-corrected chi connectivity index (χ4v) is 4.20. The van der Waals surface area contributed by atoms with Crippen LogP contribution in [0.2, 0.25) is 0 Å². The van der Waals surface area contributed by atoms with Gasteiger partial charge in [0.1, 0.15) is 24.2 Å². The molecule has 1 aliphatic rings. The first-order valence-electron chi connectivity index (χ1n) is 11.3. The molecule has 8 nitrogen and oxygen atoms in total. The Morgan fingerprint density at radius 1 is 1.00 bits per heavy atom. The van der Waals surface area contributed by atoms with Crippen LogP contribution >= 0.6 is 0 Å². The first kappa shape index (κ1) is 21.8. The third-order valence-corrected chi connectivity index (χ3v) is 6.26. The van der Waals surface area contributed by atoms with Crippen LogP contribution in [0.15, 0.2) is 65.7 Å². The van der Waals surface area contributed by atoms with Crippen molar-refractivity contribution in [2.75, 3.05) is 31.1 Å². The highest BCUT2D eigenvalue weighted by molar-refractivity contribution is 5.76. The summed E-state index contributed by atoms with van der Waals surface area (Å²) in [5.41, 5.74) is 3.78. The predicted octanol–water partition coefficient (Wildman–Crippen LogP) is 2.61. The number of rotatable bonds is 5. The molecule has 4 aromatic rings. The van der Waals surface area contributed by atoms with Crippen molar-refractivity contribution in [1.82, 2.24) is 24.3 Å². The summed E-state index contributed by atoms with van der Waals surface area (Å²) in [6, 6.07) is 16.1. The molecule has 0 saturated carbocycles. The van der Waals surface area contributed by atoms with Crippen LogP contribution in [0.25, 0.3) is 16.8 Å². The van der Waals surface area contributed by atoms with Crippen molar-refractivity contribution >= 4 is 17.1 Å². The average Bonchev–Trinajstić information content (AvgIpc) is 3.32. The molecule has 5 rings (SSSR count). The van der Waals surface area contributed by atoms with Gasteiger partial charge >= 0.3 is 0 Å². The van der Waals surface area contributed by atoms with Crippen molar-refractivity contribution in [1.29, 1.82) is 0 Å². The largest absolute Gasteiger partial charge is 0.368 e. The van der Waals surface area contributed by atoms with E-state index < -0.39 is 0 Å². The summed E-state index contributed by atoms with van der Waals surface area (Å²) in [5.74, 6) is -0.431. The van der Waals surface area contributed by atoms with E-state index in [0.29, 0.717) is 37.4 Å². The number of amides is 1. The van der Waals surface area contributed by atoms with Gasteiger partial charge in [0, 0.05) is 37.4 Å². The van der Waals surface area contributed by atoms with Crippen LogP contribution in [0, 0.1) is 5.82 Å². The molecular weight excluding hydrogens is 435 g/mol. The number of aromatic nitrogens is 4. The molecule has 1 aliphatic heterocycles. The molecule has 0 atom stereocenters. The Morgan fingerprint density at radius 2 is 1.71 bits per heavy atom.